The summed E-state index contributed by atoms with van der Waals surface area (Å²) in [6.07, 6.45) is -4.47. The van der Waals surface area contributed by atoms with E-state index in [1.807, 2.05) is 0 Å². The Morgan fingerprint density at radius 2 is 1.92 bits per heavy atom. The lowest BCUT2D eigenvalue weighted by Crippen LogP contribution is -2.08. The van der Waals surface area contributed by atoms with Gasteiger partial charge in [0.25, 0.3) is 0 Å². The molecule has 0 aliphatic heterocycles. The summed E-state index contributed by atoms with van der Waals surface area (Å²) >= 11 is 1.17. The maximum atomic E-state index is 11.6. The maximum Gasteiger partial charge on any atom is 0.389 e. The van der Waals surface area contributed by atoms with Gasteiger partial charge in [-0.05, 0) is 6.92 Å². The molecule has 0 aromatic carbocycles. The van der Waals surface area contributed by atoms with E-state index in [0.717, 1.165) is 0 Å². The van der Waals surface area contributed by atoms with Crippen molar-refractivity contribution in [2.45, 2.75) is 25.9 Å². The van der Waals surface area contributed by atoms with E-state index in [-0.39, 0.29) is 11.5 Å². The van der Waals surface area contributed by atoms with Crippen molar-refractivity contribution in [3.63, 3.8) is 0 Å². The number of hydrogen-bond donors (Lipinski definition) is 0. The second-order valence-corrected chi connectivity index (χ2v) is 3.65. The quantitative estimate of drug-likeness (QED) is 0.634. The molecule has 0 unspecified atom stereocenters. The number of rotatable bonds is 5. The second kappa shape index (κ2) is 5.45. The predicted octanol–water partition coefficient (Wildman–Crippen LogP) is 2.65. The average molecular weight is 200 g/mol. The van der Waals surface area contributed by atoms with Crippen molar-refractivity contribution in [3.8, 4) is 0 Å². The first-order valence-electron chi connectivity index (χ1n) is 3.56. The fraction of sp³-hybridized carbons (Fsp3) is 0.857. The van der Waals surface area contributed by atoms with E-state index in [1.54, 1.807) is 0 Å². The highest BCUT2D eigenvalue weighted by Crippen LogP contribution is 2.22. The molecule has 0 bridgehead atoms. The van der Waals surface area contributed by atoms with Crippen LogP contribution in [0.5, 0.6) is 0 Å². The summed E-state index contributed by atoms with van der Waals surface area (Å²) in [6.45, 7) is 1.43. The number of hydrogen-bond acceptors (Lipinski definition) is 2. The van der Waals surface area contributed by atoms with E-state index in [0.29, 0.717) is 12.2 Å². The first kappa shape index (κ1) is 11.8. The van der Waals surface area contributed by atoms with Gasteiger partial charge in [-0.25, -0.2) is 0 Å². The second-order valence-electron chi connectivity index (χ2n) is 2.43. The lowest BCUT2D eigenvalue weighted by atomic mass is 10.4. The molecule has 0 N–H and O–H groups in total. The molecule has 0 rings (SSSR count). The molecule has 72 valence electrons. The van der Waals surface area contributed by atoms with Crippen LogP contribution in [0.3, 0.4) is 0 Å². The van der Waals surface area contributed by atoms with Crippen LogP contribution in [-0.2, 0) is 4.79 Å². The Kier molecular flexibility index (Phi) is 5.37. The molecular formula is C7H11F3OS. The largest absolute Gasteiger partial charge is 0.389 e. The minimum absolute atomic E-state index is 0.0227. The monoisotopic (exact) mass is 200 g/mol. The van der Waals surface area contributed by atoms with Crippen LogP contribution in [0, 0.1) is 0 Å². The fourth-order valence-electron chi connectivity index (χ4n) is 0.506. The summed E-state index contributed by atoms with van der Waals surface area (Å²) in [5, 5.41) is 0. The molecule has 0 radical (unpaired) electrons. The van der Waals surface area contributed by atoms with Crippen molar-refractivity contribution in [2.24, 2.45) is 0 Å². The molecule has 0 aliphatic carbocycles. The Labute approximate surface area is 73.7 Å². The first-order chi connectivity index (χ1) is 5.42. The summed E-state index contributed by atoms with van der Waals surface area (Å²) in [5.74, 6) is 0.567. The van der Waals surface area contributed by atoms with Crippen molar-refractivity contribution >= 4 is 17.5 Å². The minimum Gasteiger partial charge on any atom is -0.300 e. The van der Waals surface area contributed by atoms with Gasteiger partial charge < -0.3 is 0 Å². The molecule has 0 atom stereocenters. The normalized spacial score (nSPS) is 11.7. The van der Waals surface area contributed by atoms with Crippen LogP contribution >= 0.6 is 11.8 Å². The van der Waals surface area contributed by atoms with Gasteiger partial charge in [0.05, 0.1) is 6.42 Å². The topological polar surface area (TPSA) is 17.1 Å². The number of Topliss-reactive ketones (excluding diaryl/α,β-unsaturated/α-hetero) is 1. The lowest BCUT2D eigenvalue weighted by Gasteiger charge is -2.04. The van der Waals surface area contributed by atoms with Crippen LogP contribution in [-0.4, -0.2) is 23.5 Å². The summed E-state index contributed by atoms with van der Waals surface area (Å²) in [5.41, 5.74) is 0. The van der Waals surface area contributed by atoms with Crippen LogP contribution in [0.25, 0.3) is 0 Å². The van der Waals surface area contributed by atoms with Gasteiger partial charge in [0, 0.05) is 17.9 Å². The van der Waals surface area contributed by atoms with Crippen molar-refractivity contribution in [2.75, 3.05) is 11.5 Å². The van der Waals surface area contributed by atoms with Crippen molar-refractivity contribution in [1.82, 2.24) is 0 Å². The molecule has 0 aromatic rings. The number of carbonyl (C=O) groups is 1. The van der Waals surface area contributed by atoms with Gasteiger partial charge in [0.15, 0.2) is 0 Å². The number of alkyl halides is 3. The molecule has 0 amide bonds. The zero-order valence-corrected chi connectivity index (χ0v) is 7.60. The molecule has 0 aromatic heterocycles. The third kappa shape index (κ3) is 9.81. The molecule has 0 heterocycles. The molecule has 0 fully saturated rings. The standard InChI is InChI=1S/C7H11F3OS/c1-6(11)2-4-12-5-3-7(8,9)10/h2-5H2,1H3. The summed E-state index contributed by atoms with van der Waals surface area (Å²) < 4.78 is 34.7. The molecule has 0 saturated carbocycles. The van der Waals surface area contributed by atoms with E-state index in [1.165, 1.54) is 18.7 Å². The maximum absolute atomic E-state index is 11.6. The molecule has 0 saturated heterocycles. The summed E-state index contributed by atoms with van der Waals surface area (Å²) in [4.78, 5) is 10.4. The molecule has 5 heteroatoms. The summed E-state index contributed by atoms with van der Waals surface area (Å²) in [7, 11) is 0. The van der Waals surface area contributed by atoms with Gasteiger partial charge in [0.1, 0.15) is 5.78 Å². The Morgan fingerprint density at radius 1 is 1.33 bits per heavy atom. The molecule has 12 heavy (non-hydrogen) atoms. The highest BCUT2D eigenvalue weighted by molar-refractivity contribution is 7.99. The van der Waals surface area contributed by atoms with Crippen molar-refractivity contribution in [3.05, 3.63) is 0 Å². The summed E-state index contributed by atoms with van der Waals surface area (Å²) in [6, 6.07) is 0. The van der Waals surface area contributed by atoms with E-state index < -0.39 is 12.6 Å². The van der Waals surface area contributed by atoms with E-state index >= 15 is 0 Å². The number of halogens is 3. The van der Waals surface area contributed by atoms with E-state index in [9.17, 15) is 18.0 Å². The van der Waals surface area contributed by atoms with E-state index in [4.69, 9.17) is 0 Å². The first-order valence-corrected chi connectivity index (χ1v) is 4.71. The average Bonchev–Trinajstić information content (AvgIpc) is 1.83. The van der Waals surface area contributed by atoms with Crippen LogP contribution in [0.15, 0.2) is 0 Å². The SMILES string of the molecule is CC(=O)CCSCCC(F)(F)F. The minimum atomic E-state index is -4.07. The van der Waals surface area contributed by atoms with Crippen LogP contribution < -0.4 is 0 Å². The van der Waals surface area contributed by atoms with Crippen LogP contribution in [0.2, 0.25) is 0 Å². The Morgan fingerprint density at radius 3 is 2.33 bits per heavy atom. The third-order valence-corrected chi connectivity index (χ3v) is 2.11. The molecule has 0 spiro atoms. The van der Waals surface area contributed by atoms with Crippen LogP contribution in [0.1, 0.15) is 19.8 Å². The number of ketones is 1. The number of thioether (sulfide) groups is 1. The van der Waals surface area contributed by atoms with Gasteiger partial charge in [0.2, 0.25) is 0 Å². The smallest absolute Gasteiger partial charge is 0.300 e. The Bertz CT molecular complexity index is 144. The Balaban J connectivity index is 3.17. The van der Waals surface area contributed by atoms with Crippen molar-refractivity contribution < 1.29 is 18.0 Å². The molecule has 1 nitrogen and oxygen atoms in total. The predicted molar refractivity (Wildman–Crippen MR) is 43.3 cm³/mol. The van der Waals surface area contributed by atoms with Gasteiger partial charge in [-0.2, -0.15) is 24.9 Å². The molecular weight excluding hydrogens is 189 g/mol. The van der Waals surface area contributed by atoms with Crippen LogP contribution in [0.4, 0.5) is 13.2 Å². The highest BCUT2D eigenvalue weighted by atomic mass is 32.2. The Hall–Kier alpha value is -0.190. The van der Waals surface area contributed by atoms with Crippen molar-refractivity contribution in [1.29, 1.82) is 0 Å². The zero-order valence-electron chi connectivity index (χ0n) is 6.78. The van der Waals surface area contributed by atoms with Gasteiger partial charge in [-0.1, -0.05) is 0 Å². The van der Waals surface area contributed by atoms with Gasteiger partial charge in [-0.3, -0.25) is 4.79 Å². The fourth-order valence-corrected chi connectivity index (χ4v) is 1.52. The van der Waals surface area contributed by atoms with Gasteiger partial charge >= 0.3 is 6.18 Å². The zero-order chi connectivity index (χ0) is 9.61. The third-order valence-electron chi connectivity index (χ3n) is 1.13. The number of carbonyl (C=O) groups excluding carboxylic acids is 1. The highest BCUT2D eigenvalue weighted by Gasteiger charge is 2.25. The van der Waals surface area contributed by atoms with Gasteiger partial charge in [-0.15, -0.1) is 0 Å². The van der Waals surface area contributed by atoms with E-state index in [2.05, 4.69) is 0 Å². The lowest BCUT2D eigenvalue weighted by molar-refractivity contribution is -0.129. The molecule has 0 aliphatic rings.